The topological polar surface area (TPSA) is 75.0 Å². The summed E-state index contributed by atoms with van der Waals surface area (Å²) in [5.41, 5.74) is 3.48. The van der Waals surface area contributed by atoms with Crippen LogP contribution in [0.3, 0.4) is 0 Å². The molecule has 122 valence electrons. The van der Waals surface area contributed by atoms with Crippen molar-refractivity contribution in [2.75, 3.05) is 6.54 Å². The zero-order chi connectivity index (χ0) is 16.1. The number of amides is 1. The predicted octanol–water partition coefficient (Wildman–Crippen LogP) is 2.91. The monoisotopic (exact) mass is 314 g/mol. The average molecular weight is 314 g/mol. The first kappa shape index (κ1) is 14.5. The summed E-state index contributed by atoms with van der Waals surface area (Å²) in [6.45, 7) is 7.26. The number of aryl methyl sites for hydroxylation is 1. The first-order valence-electron chi connectivity index (χ1n) is 8.37. The summed E-state index contributed by atoms with van der Waals surface area (Å²) in [5, 5.41) is 7.34. The number of hydrogen-bond donors (Lipinski definition) is 1. The van der Waals surface area contributed by atoms with Crippen molar-refractivity contribution in [1.82, 2.24) is 20.1 Å². The second-order valence-corrected chi connectivity index (χ2v) is 6.94. The third kappa shape index (κ3) is 2.46. The molecule has 1 amide bonds. The van der Waals surface area contributed by atoms with Crippen molar-refractivity contribution >= 4 is 5.91 Å². The van der Waals surface area contributed by atoms with E-state index in [2.05, 4.69) is 29.0 Å². The molecule has 1 N–H and O–H groups in total. The predicted molar refractivity (Wildman–Crippen MR) is 84.3 cm³/mol. The second kappa shape index (κ2) is 5.22. The number of hydrogen-bond acceptors (Lipinski definition) is 4. The van der Waals surface area contributed by atoms with E-state index >= 15 is 0 Å². The Morgan fingerprint density at radius 1 is 1.39 bits per heavy atom. The van der Waals surface area contributed by atoms with E-state index in [0.717, 1.165) is 53.6 Å². The molecular formula is C17H22N4O2. The molecule has 6 nitrogen and oxygen atoms in total. The third-order valence-electron chi connectivity index (χ3n) is 4.68. The Kier molecular flexibility index (Phi) is 3.28. The standard InChI is InChI=1S/C17H22N4O2/c1-9(2)16-18-12-8-21(7-6-13(12)23-16)17(22)14-10(3)19-20-15(14)11-4-5-11/h9,11H,4-8H2,1-3H3,(H,19,20). The summed E-state index contributed by atoms with van der Waals surface area (Å²) in [5.74, 6) is 2.49. The molecule has 0 atom stereocenters. The van der Waals surface area contributed by atoms with Gasteiger partial charge < -0.3 is 9.32 Å². The third-order valence-corrected chi connectivity index (χ3v) is 4.68. The number of carbonyl (C=O) groups is 1. The van der Waals surface area contributed by atoms with Crippen LogP contribution in [0.2, 0.25) is 0 Å². The molecule has 1 fully saturated rings. The zero-order valence-electron chi connectivity index (χ0n) is 13.8. The maximum absolute atomic E-state index is 13.0. The van der Waals surface area contributed by atoms with Gasteiger partial charge in [0.2, 0.25) is 0 Å². The van der Waals surface area contributed by atoms with Crippen LogP contribution in [0, 0.1) is 6.92 Å². The van der Waals surface area contributed by atoms with Crippen LogP contribution in [0.15, 0.2) is 4.42 Å². The van der Waals surface area contributed by atoms with E-state index in [-0.39, 0.29) is 11.8 Å². The van der Waals surface area contributed by atoms with E-state index in [4.69, 9.17) is 4.42 Å². The molecule has 0 unspecified atom stereocenters. The number of aromatic nitrogens is 3. The van der Waals surface area contributed by atoms with Crippen molar-refractivity contribution in [1.29, 1.82) is 0 Å². The highest BCUT2D eigenvalue weighted by atomic mass is 16.4. The highest BCUT2D eigenvalue weighted by Crippen LogP contribution is 2.41. The molecule has 1 saturated carbocycles. The fourth-order valence-corrected chi connectivity index (χ4v) is 3.17. The van der Waals surface area contributed by atoms with Crippen LogP contribution in [0.4, 0.5) is 0 Å². The minimum absolute atomic E-state index is 0.0675. The molecule has 4 rings (SSSR count). The lowest BCUT2D eigenvalue weighted by atomic mass is 10.1. The van der Waals surface area contributed by atoms with Crippen molar-refractivity contribution in [3.8, 4) is 0 Å². The maximum Gasteiger partial charge on any atom is 0.257 e. The van der Waals surface area contributed by atoms with E-state index in [1.165, 1.54) is 0 Å². The van der Waals surface area contributed by atoms with E-state index in [0.29, 0.717) is 19.0 Å². The molecule has 1 aliphatic heterocycles. The van der Waals surface area contributed by atoms with Gasteiger partial charge in [0.15, 0.2) is 5.89 Å². The van der Waals surface area contributed by atoms with Gasteiger partial charge >= 0.3 is 0 Å². The number of nitrogens with one attached hydrogen (secondary N) is 1. The lowest BCUT2D eigenvalue weighted by Gasteiger charge is -2.25. The number of oxazole rings is 1. The molecule has 0 spiro atoms. The Morgan fingerprint density at radius 3 is 2.87 bits per heavy atom. The van der Waals surface area contributed by atoms with E-state index in [1.54, 1.807) is 0 Å². The van der Waals surface area contributed by atoms with Crippen molar-refractivity contribution in [2.45, 2.75) is 58.4 Å². The van der Waals surface area contributed by atoms with Gasteiger partial charge in [-0.15, -0.1) is 0 Å². The fraction of sp³-hybridized carbons (Fsp3) is 0.588. The van der Waals surface area contributed by atoms with Gasteiger partial charge in [-0.05, 0) is 19.8 Å². The summed E-state index contributed by atoms with van der Waals surface area (Å²) < 4.78 is 5.81. The van der Waals surface area contributed by atoms with E-state index in [9.17, 15) is 4.79 Å². The molecule has 6 heteroatoms. The smallest absolute Gasteiger partial charge is 0.257 e. The lowest BCUT2D eigenvalue weighted by Crippen LogP contribution is -2.36. The lowest BCUT2D eigenvalue weighted by molar-refractivity contribution is 0.0726. The quantitative estimate of drug-likeness (QED) is 0.945. The summed E-state index contributed by atoms with van der Waals surface area (Å²) in [6, 6.07) is 0. The van der Waals surface area contributed by atoms with E-state index in [1.807, 2.05) is 11.8 Å². The number of H-pyrrole nitrogens is 1. The largest absolute Gasteiger partial charge is 0.445 e. The normalized spacial score (nSPS) is 17.7. The van der Waals surface area contributed by atoms with Gasteiger partial charge in [0, 0.05) is 30.5 Å². The summed E-state index contributed by atoms with van der Waals surface area (Å²) in [6.07, 6.45) is 3.00. The van der Waals surface area contributed by atoms with Gasteiger partial charge in [-0.25, -0.2) is 4.98 Å². The molecule has 2 aromatic heterocycles. The Bertz CT molecular complexity index is 755. The van der Waals surface area contributed by atoms with Crippen LogP contribution in [-0.4, -0.2) is 32.5 Å². The van der Waals surface area contributed by atoms with Gasteiger partial charge in [-0.3, -0.25) is 9.89 Å². The Labute approximate surface area is 135 Å². The molecule has 23 heavy (non-hydrogen) atoms. The van der Waals surface area contributed by atoms with Crippen molar-refractivity contribution in [2.24, 2.45) is 0 Å². The molecule has 0 aromatic carbocycles. The highest BCUT2D eigenvalue weighted by Gasteiger charge is 2.35. The maximum atomic E-state index is 13.0. The minimum atomic E-state index is 0.0675. The van der Waals surface area contributed by atoms with Crippen LogP contribution in [0.1, 0.15) is 77.6 Å². The van der Waals surface area contributed by atoms with Crippen LogP contribution in [0.5, 0.6) is 0 Å². The number of aromatic amines is 1. The molecular weight excluding hydrogens is 292 g/mol. The first-order valence-corrected chi connectivity index (χ1v) is 8.37. The number of carbonyl (C=O) groups excluding carboxylic acids is 1. The van der Waals surface area contributed by atoms with Gasteiger partial charge in [0.1, 0.15) is 11.5 Å². The fourth-order valence-electron chi connectivity index (χ4n) is 3.17. The number of nitrogens with zero attached hydrogens (tertiary/aromatic N) is 3. The van der Waals surface area contributed by atoms with Gasteiger partial charge in [0.05, 0.1) is 17.8 Å². The molecule has 3 heterocycles. The molecule has 0 saturated heterocycles. The molecule has 2 aliphatic rings. The Morgan fingerprint density at radius 2 is 2.17 bits per heavy atom. The zero-order valence-corrected chi connectivity index (χ0v) is 13.8. The first-order chi connectivity index (χ1) is 11.0. The average Bonchev–Trinajstić information content (AvgIpc) is 3.16. The van der Waals surface area contributed by atoms with Crippen molar-refractivity contribution in [3.63, 3.8) is 0 Å². The van der Waals surface area contributed by atoms with Gasteiger partial charge in [-0.1, -0.05) is 13.8 Å². The Balaban J connectivity index is 1.59. The van der Waals surface area contributed by atoms with Crippen LogP contribution in [0.25, 0.3) is 0 Å². The number of rotatable bonds is 3. The SMILES string of the molecule is Cc1[nH]nc(C2CC2)c1C(=O)N1CCc2oc(C(C)C)nc2C1. The summed E-state index contributed by atoms with van der Waals surface area (Å²) >= 11 is 0. The summed E-state index contributed by atoms with van der Waals surface area (Å²) in [7, 11) is 0. The molecule has 1 aliphatic carbocycles. The van der Waals surface area contributed by atoms with Gasteiger partial charge in [-0.2, -0.15) is 5.10 Å². The van der Waals surface area contributed by atoms with Crippen molar-refractivity contribution in [3.05, 3.63) is 34.3 Å². The Hall–Kier alpha value is -2.11. The minimum Gasteiger partial charge on any atom is -0.445 e. The molecule has 2 aromatic rings. The van der Waals surface area contributed by atoms with E-state index < -0.39 is 0 Å². The number of fused-ring (bicyclic) bond motifs is 1. The highest BCUT2D eigenvalue weighted by molar-refractivity contribution is 5.96. The second-order valence-electron chi connectivity index (χ2n) is 6.94. The van der Waals surface area contributed by atoms with Crippen molar-refractivity contribution < 1.29 is 9.21 Å². The summed E-state index contributed by atoms with van der Waals surface area (Å²) in [4.78, 5) is 19.4. The molecule has 0 bridgehead atoms. The van der Waals surface area contributed by atoms with Gasteiger partial charge in [0.25, 0.3) is 5.91 Å². The van der Waals surface area contributed by atoms with Crippen LogP contribution in [-0.2, 0) is 13.0 Å². The van der Waals surface area contributed by atoms with Crippen LogP contribution < -0.4 is 0 Å². The molecule has 0 radical (unpaired) electrons. The van der Waals surface area contributed by atoms with Crippen LogP contribution >= 0.6 is 0 Å².